The van der Waals surface area contributed by atoms with Crippen LogP contribution in [0.3, 0.4) is 0 Å². The second-order valence-electron chi connectivity index (χ2n) is 6.25. The number of imidazole rings is 1. The number of amidine groups is 1. The average Bonchev–Trinajstić information content (AvgIpc) is 2.98. The predicted octanol–water partition coefficient (Wildman–Crippen LogP) is 1.34. The first-order valence-corrected chi connectivity index (χ1v) is 8.47. The Morgan fingerprint density at radius 3 is 2.59 bits per heavy atom. The van der Waals surface area contributed by atoms with E-state index in [0.717, 1.165) is 5.56 Å². The molecule has 0 saturated heterocycles. The van der Waals surface area contributed by atoms with Gasteiger partial charge in [-0.1, -0.05) is 24.3 Å². The number of nitrogen functional groups attached to an aromatic ring is 1. The van der Waals surface area contributed by atoms with Crippen molar-refractivity contribution >= 4 is 23.0 Å². The Morgan fingerprint density at radius 2 is 1.96 bits per heavy atom. The van der Waals surface area contributed by atoms with E-state index in [9.17, 15) is 9.59 Å². The molecule has 0 saturated carbocycles. The first-order chi connectivity index (χ1) is 12.9. The molecule has 0 atom stereocenters. The standard InChI is InChI=1S/C18H20N6O3/c1-23-16(12-7-5-11(6-8-12)15(19)20)22-14-17(23)21-10-24(18(14)27)9-3-2-4-13(25)26/h5-8,10H,2-4,9H2,1H3,(H3,19,20)(H,25,26). The zero-order chi connectivity index (χ0) is 19.6. The van der Waals surface area contributed by atoms with Crippen molar-refractivity contribution in [3.63, 3.8) is 0 Å². The third-order valence-corrected chi connectivity index (χ3v) is 4.34. The van der Waals surface area contributed by atoms with E-state index < -0.39 is 5.97 Å². The normalized spacial score (nSPS) is 11.0. The van der Waals surface area contributed by atoms with E-state index in [0.29, 0.717) is 36.4 Å². The minimum Gasteiger partial charge on any atom is -0.481 e. The van der Waals surface area contributed by atoms with Crippen molar-refractivity contribution in [2.24, 2.45) is 12.8 Å². The number of benzene rings is 1. The molecule has 9 heteroatoms. The second kappa shape index (κ2) is 7.40. The van der Waals surface area contributed by atoms with Crippen molar-refractivity contribution in [2.75, 3.05) is 0 Å². The van der Waals surface area contributed by atoms with Crippen molar-refractivity contribution in [1.29, 1.82) is 5.41 Å². The fourth-order valence-electron chi connectivity index (χ4n) is 2.87. The largest absolute Gasteiger partial charge is 0.481 e. The van der Waals surface area contributed by atoms with Gasteiger partial charge in [0, 0.05) is 31.1 Å². The van der Waals surface area contributed by atoms with Crippen LogP contribution in [0.2, 0.25) is 0 Å². The van der Waals surface area contributed by atoms with Crippen LogP contribution in [-0.4, -0.2) is 36.0 Å². The van der Waals surface area contributed by atoms with Gasteiger partial charge in [0.15, 0.2) is 11.2 Å². The van der Waals surface area contributed by atoms with Gasteiger partial charge in [-0.05, 0) is 12.8 Å². The molecule has 0 amide bonds. The van der Waals surface area contributed by atoms with Gasteiger partial charge < -0.3 is 15.4 Å². The molecule has 27 heavy (non-hydrogen) atoms. The molecule has 2 aromatic heterocycles. The topological polar surface area (TPSA) is 140 Å². The highest BCUT2D eigenvalue weighted by Gasteiger charge is 2.15. The molecule has 4 N–H and O–H groups in total. The van der Waals surface area contributed by atoms with Crippen LogP contribution in [-0.2, 0) is 18.4 Å². The number of hydrogen-bond donors (Lipinski definition) is 3. The summed E-state index contributed by atoms with van der Waals surface area (Å²) in [7, 11) is 1.78. The second-order valence-corrected chi connectivity index (χ2v) is 6.25. The minimum atomic E-state index is -0.846. The number of carboxylic acid groups (broad SMARTS) is 1. The fraction of sp³-hybridized carbons (Fsp3) is 0.278. The number of nitrogens with one attached hydrogen (secondary N) is 1. The Hall–Kier alpha value is -3.49. The molecule has 3 rings (SSSR count). The summed E-state index contributed by atoms with van der Waals surface area (Å²) < 4.78 is 3.20. The number of unbranched alkanes of at least 4 members (excludes halogenated alkanes) is 1. The van der Waals surface area contributed by atoms with Crippen LogP contribution < -0.4 is 11.3 Å². The molecular weight excluding hydrogens is 348 g/mol. The van der Waals surface area contributed by atoms with E-state index in [1.54, 1.807) is 35.9 Å². The average molecular weight is 368 g/mol. The van der Waals surface area contributed by atoms with Gasteiger partial charge in [0.05, 0.1) is 0 Å². The number of hydrogen-bond acceptors (Lipinski definition) is 5. The molecule has 0 radical (unpaired) electrons. The zero-order valence-electron chi connectivity index (χ0n) is 14.8. The van der Waals surface area contributed by atoms with Crippen molar-refractivity contribution in [2.45, 2.75) is 25.8 Å². The lowest BCUT2D eigenvalue weighted by Crippen LogP contribution is -2.21. The van der Waals surface area contributed by atoms with E-state index in [2.05, 4.69) is 9.97 Å². The molecule has 0 aliphatic heterocycles. The molecule has 0 bridgehead atoms. The van der Waals surface area contributed by atoms with Gasteiger partial charge in [-0.15, -0.1) is 0 Å². The Kier molecular flexibility index (Phi) is 5.02. The monoisotopic (exact) mass is 368 g/mol. The Balaban J connectivity index is 1.92. The summed E-state index contributed by atoms with van der Waals surface area (Å²) in [5.41, 5.74) is 7.36. The SMILES string of the molecule is Cn1c(-c2ccc(C(=N)N)cc2)nc2c(=O)n(CCCCC(=O)O)cnc21. The van der Waals surface area contributed by atoms with Crippen molar-refractivity contribution in [3.8, 4) is 11.4 Å². The Labute approximate surface area is 154 Å². The van der Waals surface area contributed by atoms with Crippen LogP contribution in [0.25, 0.3) is 22.6 Å². The molecule has 0 spiro atoms. The summed E-state index contributed by atoms with van der Waals surface area (Å²) in [6.45, 7) is 0.397. The maximum absolute atomic E-state index is 12.7. The van der Waals surface area contributed by atoms with Crippen LogP contribution in [0.1, 0.15) is 24.8 Å². The number of nitrogens with zero attached hydrogens (tertiary/aromatic N) is 4. The van der Waals surface area contributed by atoms with Crippen molar-refractivity contribution in [3.05, 3.63) is 46.5 Å². The minimum absolute atomic E-state index is 0.0148. The summed E-state index contributed by atoms with van der Waals surface area (Å²) in [4.78, 5) is 32.1. The summed E-state index contributed by atoms with van der Waals surface area (Å²) >= 11 is 0. The first-order valence-electron chi connectivity index (χ1n) is 8.47. The highest BCUT2D eigenvalue weighted by molar-refractivity contribution is 5.95. The fourth-order valence-corrected chi connectivity index (χ4v) is 2.87. The van der Waals surface area contributed by atoms with Crippen LogP contribution in [0.5, 0.6) is 0 Å². The molecule has 0 aliphatic carbocycles. The van der Waals surface area contributed by atoms with Gasteiger partial charge in [0.25, 0.3) is 5.56 Å². The molecule has 0 unspecified atom stereocenters. The summed E-state index contributed by atoms with van der Waals surface area (Å²) in [6, 6.07) is 7.04. The number of carbonyl (C=O) groups is 1. The Bertz CT molecular complexity index is 1070. The molecular formula is C18H20N6O3. The van der Waals surface area contributed by atoms with Crippen LogP contribution >= 0.6 is 0 Å². The van der Waals surface area contributed by atoms with E-state index >= 15 is 0 Å². The lowest BCUT2D eigenvalue weighted by molar-refractivity contribution is -0.137. The van der Waals surface area contributed by atoms with Gasteiger partial charge in [0.1, 0.15) is 18.0 Å². The van der Waals surface area contributed by atoms with Gasteiger partial charge in [0.2, 0.25) is 0 Å². The lowest BCUT2D eigenvalue weighted by atomic mass is 10.1. The molecule has 140 valence electrons. The van der Waals surface area contributed by atoms with Crippen LogP contribution in [0.4, 0.5) is 0 Å². The highest BCUT2D eigenvalue weighted by atomic mass is 16.4. The first kappa shape index (κ1) is 18.3. The maximum Gasteiger partial charge on any atom is 0.303 e. The van der Waals surface area contributed by atoms with Crippen molar-refractivity contribution < 1.29 is 9.90 Å². The number of aryl methyl sites for hydroxylation is 2. The smallest absolute Gasteiger partial charge is 0.303 e. The molecule has 1 aromatic carbocycles. The molecule has 9 nitrogen and oxygen atoms in total. The summed E-state index contributed by atoms with van der Waals surface area (Å²) in [5, 5.41) is 16.1. The maximum atomic E-state index is 12.7. The van der Waals surface area contributed by atoms with E-state index in [-0.39, 0.29) is 23.3 Å². The number of aliphatic carboxylic acids is 1. The quantitative estimate of drug-likeness (QED) is 0.326. The number of aromatic nitrogens is 4. The number of rotatable bonds is 7. The van der Waals surface area contributed by atoms with Gasteiger partial charge in [-0.2, -0.15) is 0 Å². The van der Waals surface area contributed by atoms with Crippen molar-refractivity contribution in [1.82, 2.24) is 19.1 Å². The third kappa shape index (κ3) is 3.71. The number of nitrogens with two attached hydrogens (primary N) is 1. The van der Waals surface area contributed by atoms with Gasteiger partial charge >= 0.3 is 5.97 Å². The molecule has 0 aliphatic rings. The molecule has 2 heterocycles. The van der Waals surface area contributed by atoms with Crippen LogP contribution in [0, 0.1) is 5.41 Å². The zero-order valence-corrected chi connectivity index (χ0v) is 14.8. The van der Waals surface area contributed by atoms with E-state index in [1.165, 1.54) is 10.9 Å². The number of carboxylic acids is 1. The third-order valence-electron chi connectivity index (χ3n) is 4.34. The summed E-state index contributed by atoms with van der Waals surface area (Å²) in [5.74, 6) is -0.270. The van der Waals surface area contributed by atoms with Crippen LogP contribution in [0.15, 0.2) is 35.4 Å². The van der Waals surface area contributed by atoms with E-state index in [4.69, 9.17) is 16.2 Å². The molecule has 3 aromatic rings. The van der Waals surface area contributed by atoms with Gasteiger partial charge in [-0.25, -0.2) is 9.97 Å². The lowest BCUT2D eigenvalue weighted by Gasteiger charge is -2.05. The Morgan fingerprint density at radius 1 is 1.26 bits per heavy atom. The highest BCUT2D eigenvalue weighted by Crippen LogP contribution is 2.21. The number of fused-ring (bicyclic) bond motifs is 1. The summed E-state index contributed by atoms with van der Waals surface area (Å²) in [6.07, 6.45) is 2.62. The van der Waals surface area contributed by atoms with Gasteiger partial charge in [-0.3, -0.25) is 19.6 Å². The molecule has 0 fully saturated rings. The van der Waals surface area contributed by atoms with E-state index in [1.807, 2.05) is 0 Å². The predicted molar refractivity (Wildman–Crippen MR) is 101 cm³/mol.